The lowest BCUT2D eigenvalue weighted by molar-refractivity contribution is 0.0602. The molecule has 0 spiro atoms. The van der Waals surface area contributed by atoms with E-state index in [1.54, 1.807) is 17.1 Å². The van der Waals surface area contributed by atoms with Crippen LogP contribution in [0.1, 0.15) is 15.2 Å². The summed E-state index contributed by atoms with van der Waals surface area (Å²) in [6.45, 7) is 0.302. The second kappa shape index (κ2) is 8.49. The lowest BCUT2D eigenvalue weighted by Crippen LogP contribution is -2.27. The van der Waals surface area contributed by atoms with Crippen LogP contribution in [0.5, 0.6) is 0 Å². The van der Waals surface area contributed by atoms with Crippen LogP contribution in [-0.2, 0) is 20.5 Å². The first kappa shape index (κ1) is 18.0. The molecule has 0 aliphatic rings. The number of ether oxygens (including phenoxy) is 1. The zero-order valence-corrected chi connectivity index (χ0v) is 15.0. The zero-order valence-electron chi connectivity index (χ0n) is 12.5. The third-order valence-electron chi connectivity index (χ3n) is 2.94. The number of thiophene rings is 1. The number of sulfonamides is 1. The Labute approximate surface area is 144 Å². The molecule has 0 bridgehead atoms. The molecule has 23 heavy (non-hydrogen) atoms. The van der Waals surface area contributed by atoms with Crippen molar-refractivity contribution >= 4 is 39.1 Å². The number of carbonyl (C=O) groups is 1. The number of benzene rings is 1. The first-order chi connectivity index (χ1) is 11.0. The fourth-order valence-electron chi connectivity index (χ4n) is 1.84. The topological polar surface area (TPSA) is 72.5 Å². The fourth-order valence-corrected chi connectivity index (χ4v) is 5.15. The van der Waals surface area contributed by atoms with E-state index >= 15 is 0 Å². The number of thioether (sulfide) groups is 1. The van der Waals surface area contributed by atoms with E-state index in [0.29, 0.717) is 12.3 Å². The van der Waals surface area contributed by atoms with Gasteiger partial charge in [-0.05, 0) is 17.0 Å². The van der Waals surface area contributed by atoms with Crippen molar-refractivity contribution in [3.05, 3.63) is 52.2 Å². The first-order valence-electron chi connectivity index (χ1n) is 6.82. The number of hydrogen-bond acceptors (Lipinski definition) is 6. The van der Waals surface area contributed by atoms with E-state index < -0.39 is 16.0 Å². The van der Waals surface area contributed by atoms with Crippen LogP contribution in [-0.4, -0.2) is 33.8 Å². The maximum Gasteiger partial charge on any atom is 0.349 e. The molecule has 0 fully saturated rings. The maximum atomic E-state index is 12.2. The standard InChI is InChI=1S/C15H17NO4S3/c1-20-15(17)14-13(7-9-22-14)23(18,19)16-8-10-21-11-12-5-3-2-4-6-12/h2-7,9,16H,8,10-11H2,1H3. The molecule has 0 saturated heterocycles. The Bertz CT molecular complexity index is 741. The van der Waals surface area contributed by atoms with E-state index in [0.717, 1.165) is 17.1 Å². The summed E-state index contributed by atoms with van der Waals surface area (Å²) in [5.41, 5.74) is 1.20. The number of hydrogen-bond donors (Lipinski definition) is 1. The van der Waals surface area contributed by atoms with Gasteiger partial charge in [-0.2, -0.15) is 11.8 Å². The molecule has 5 nitrogen and oxygen atoms in total. The Morgan fingerprint density at radius 2 is 2.00 bits per heavy atom. The Balaban J connectivity index is 1.85. The van der Waals surface area contributed by atoms with Crippen molar-refractivity contribution in [1.29, 1.82) is 0 Å². The largest absolute Gasteiger partial charge is 0.465 e. The molecule has 0 saturated carbocycles. The average molecular weight is 372 g/mol. The molecule has 0 unspecified atom stereocenters. The first-order valence-corrected chi connectivity index (χ1v) is 10.3. The van der Waals surface area contributed by atoms with Crippen molar-refractivity contribution in [2.45, 2.75) is 10.6 Å². The number of nitrogens with one attached hydrogen (secondary N) is 1. The Morgan fingerprint density at radius 3 is 2.70 bits per heavy atom. The van der Waals surface area contributed by atoms with Gasteiger partial charge in [0, 0.05) is 18.1 Å². The summed E-state index contributed by atoms with van der Waals surface area (Å²) in [6.07, 6.45) is 0. The number of methoxy groups -OCH3 is 1. The summed E-state index contributed by atoms with van der Waals surface area (Å²) in [4.78, 5) is 11.6. The quantitative estimate of drug-likeness (QED) is 0.571. The highest BCUT2D eigenvalue weighted by Gasteiger charge is 2.24. The van der Waals surface area contributed by atoms with Gasteiger partial charge in [0.15, 0.2) is 0 Å². The third-order valence-corrected chi connectivity index (χ3v) is 6.50. The minimum atomic E-state index is -3.70. The summed E-state index contributed by atoms with van der Waals surface area (Å²) >= 11 is 2.69. The molecule has 0 amide bonds. The molecule has 1 N–H and O–H groups in total. The van der Waals surface area contributed by atoms with Gasteiger partial charge in [-0.3, -0.25) is 0 Å². The molecule has 2 rings (SSSR count). The van der Waals surface area contributed by atoms with Gasteiger partial charge in [-0.1, -0.05) is 30.3 Å². The molecule has 1 aromatic heterocycles. The molecule has 0 atom stereocenters. The molecular weight excluding hydrogens is 354 g/mol. The third kappa shape index (κ3) is 5.07. The van der Waals surface area contributed by atoms with Crippen LogP contribution < -0.4 is 4.72 Å². The summed E-state index contributed by atoms with van der Waals surface area (Å²) in [7, 11) is -2.47. The van der Waals surface area contributed by atoms with Crippen LogP contribution in [0.4, 0.5) is 0 Å². The van der Waals surface area contributed by atoms with E-state index in [1.807, 2.05) is 30.3 Å². The van der Waals surface area contributed by atoms with Crippen molar-refractivity contribution in [2.75, 3.05) is 19.4 Å². The van der Waals surface area contributed by atoms with Crippen LogP contribution in [0.15, 0.2) is 46.7 Å². The van der Waals surface area contributed by atoms with Crippen LogP contribution in [0.2, 0.25) is 0 Å². The van der Waals surface area contributed by atoms with E-state index in [9.17, 15) is 13.2 Å². The molecule has 2 aromatic rings. The molecule has 0 aliphatic carbocycles. The van der Waals surface area contributed by atoms with Crippen LogP contribution in [0, 0.1) is 0 Å². The molecule has 1 aromatic carbocycles. The van der Waals surface area contributed by atoms with Gasteiger partial charge >= 0.3 is 5.97 Å². The van der Waals surface area contributed by atoms with Crippen molar-refractivity contribution in [3.8, 4) is 0 Å². The smallest absolute Gasteiger partial charge is 0.349 e. The summed E-state index contributed by atoms with van der Waals surface area (Å²) < 4.78 is 31.6. The monoisotopic (exact) mass is 371 g/mol. The molecular formula is C15H17NO4S3. The minimum Gasteiger partial charge on any atom is -0.465 e. The lowest BCUT2D eigenvalue weighted by atomic mass is 10.2. The Hall–Kier alpha value is -1.35. The summed E-state index contributed by atoms with van der Waals surface area (Å²) in [6, 6.07) is 11.4. The Morgan fingerprint density at radius 1 is 1.26 bits per heavy atom. The molecule has 1 heterocycles. The second-order valence-corrected chi connectivity index (χ2v) is 8.30. The van der Waals surface area contributed by atoms with Gasteiger partial charge in [0.2, 0.25) is 10.0 Å². The highest BCUT2D eigenvalue weighted by atomic mass is 32.2. The number of esters is 1. The van der Waals surface area contributed by atoms with Gasteiger partial charge in [0.1, 0.15) is 9.77 Å². The maximum absolute atomic E-state index is 12.2. The Kier molecular flexibility index (Phi) is 6.64. The van der Waals surface area contributed by atoms with E-state index in [4.69, 9.17) is 0 Å². The lowest BCUT2D eigenvalue weighted by Gasteiger charge is -2.07. The molecule has 8 heteroatoms. The van der Waals surface area contributed by atoms with E-state index in [2.05, 4.69) is 9.46 Å². The molecule has 124 valence electrons. The number of rotatable bonds is 8. The average Bonchev–Trinajstić information content (AvgIpc) is 3.05. The van der Waals surface area contributed by atoms with Crippen molar-refractivity contribution < 1.29 is 17.9 Å². The van der Waals surface area contributed by atoms with Gasteiger partial charge in [-0.25, -0.2) is 17.9 Å². The predicted octanol–water partition coefficient (Wildman–Crippen LogP) is 2.75. The van der Waals surface area contributed by atoms with E-state index in [1.165, 1.54) is 18.7 Å². The number of carbonyl (C=O) groups excluding carboxylic acids is 1. The zero-order chi connectivity index (χ0) is 16.7. The predicted molar refractivity (Wildman–Crippen MR) is 93.5 cm³/mol. The molecule has 0 aliphatic heterocycles. The SMILES string of the molecule is COC(=O)c1sccc1S(=O)(=O)NCCSCc1ccccc1. The van der Waals surface area contributed by atoms with Gasteiger partial charge in [-0.15, -0.1) is 11.3 Å². The van der Waals surface area contributed by atoms with Crippen molar-refractivity contribution in [2.24, 2.45) is 0 Å². The van der Waals surface area contributed by atoms with Gasteiger partial charge in [0.25, 0.3) is 0 Å². The van der Waals surface area contributed by atoms with Crippen LogP contribution >= 0.6 is 23.1 Å². The molecule has 0 radical (unpaired) electrons. The summed E-state index contributed by atoms with van der Waals surface area (Å²) in [5.74, 6) is 0.832. The highest BCUT2D eigenvalue weighted by molar-refractivity contribution is 7.98. The van der Waals surface area contributed by atoms with Gasteiger partial charge in [0.05, 0.1) is 7.11 Å². The van der Waals surface area contributed by atoms with Gasteiger partial charge < -0.3 is 4.74 Å². The summed E-state index contributed by atoms with van der Waals surface area (Å²) in [5, 5.41) is 1.56. The minimum absolute atomic E-state index is 0.0255. The van der Waals surface area contributed by atoms with Crippen molar-refractivity contribution in [1.82, 2.24) is 4.72 Å². The fraction of sp³-hybridized carbons (Fsp3) is 0.267. The second-order valence-electron chi connectivity index (χ2n) is 4.54. The van der Waals surface area contributed by atoms with E-state index in [-0.39, 0.29) is 9.77 Å². The normalized spacial score (nSPS) is 11.3. The van der Waals surface area contributed by atoms with Crippen LogP contribution in [0.3, 0.4) is 0 Å². The highest BCUT2D eigenvalue weighted by Crippen LogP contribution is 2.22. The van der Waals surface area contributed by atoms with Crippen LogP contribution in [0.25, 0.3) is 0 Å². The van der Waals surface area contributed by atoms with Crippen molar-refractivity contribution in [3.63, 3.8) is 0 Å².